The molecule has 3 aromatic rings. The summed E-state index contributed by atoms with van der Waals surface area (Å²) < 4.78 is 2.08. The molecule has 2 aliphatic carbocycles. The summed E-state index contributed by atoms with van der Waals surface area (Å²) in [7, 11) is 0. The predicted molar refractivity (Wildman–Crippen MR) is 165 cm³/mol. The van der Waals surface area contributed by atoms with Gasteiger partial charge in [0.15, 0.2) is 0 Å². The van der Waals surface area contributed by atoms with Crippen LogP contribution in [-0.4, -0.2) is 4.31 Å². The summed E-state index contributed by atoms with van der Waals surface area (Å²) >= 11 is 2.04. The van der Waals surface area contributed by atoms with Crippen molar-refractivity contribution in [3.63, 3.8) is 0 Å². The van der Waals surface area contributed by atoms with Crippen LogP contribution in [0.3, 0.4) is 0 Å². The molecule has 0 amide bonds. The van der Waals surface area contributed by atoms with Crippen molar-refractivity contribution in [2.24, 2.45) is 0 Å². The Bertz CT molecular complexity index is 1110. The fourth-order valence-corrected chi connectivity index (χ4v) is 4.22. The van der Waals surface area contributed by atoms with E-state index < -0.39 is 0 Å². The van der Waals surface area contributed by atoms with Gasteiger partial charge in [0.05, 0.1) is 0 Å². The van der Waals surface area contributed by atoms with Gasteiger partial charge in [-0.3, -0.25) is 6.08 Å². The molecular weight excluding hydrogens is 527 g/mol. The zero-order valence-electron chi connectivity index (χ0n) is 23.3. The Hall–Kier alpha value is -1.70. The first-order valence-corrected chi connectivity index (χ1v) is 13.0. The van der Waals surface area contributed by atoms with E-state index in [4.69, 9.17) is 0 Å². The molecule has 0 atom stereocenters. The van der Waals surface area contributed by atoms with Crippen LogP contribution in [-0.2, 0) is 37.2 Å². The van der Waals surface area contributed by atoms with Crippen molar-refractivity contribution in [1.29, 1.82) is 0 Å². The number of hydrogen-bond acceptors (Lipinski definition) is 0. The van der Waals surface area contributed by atoms with E-state index in [1.54, 1.807) is 0 Å². The molecule has 5 rings (SSSR count). The van der Waals surface area contributed by atoms with Crippen molar-refractivity contribution in [3.8, 4) is 11.1 Å². The second-order valence-corrected chi connectivity index (χ2v) is 11.3. The van der Waals surface area contributed by atoms with Crippen molar-refractivity contribution in [2.45, 2.75) is 65.2 Å². The second-order valence-electron chi connectivity index (χ2n) is 10.9. The van der Waals surface area contributed by atoms with Gasteiger partial charge < -0.3 is 7.43 Å². The quantitative estimate of drug-likeness (QED) is 0.158. The first kappa shape index (κ1) is 35.3. The third-order valence-electron chi connectivity index (χ3n) is 6.02. The molecule has 0 aromatic heterocycles. The fourth-order valence-electron chi connectivity index (χ4n) is 3.92. The average molecular weight is 568 g/mol. The van der Waals surface area contributed by atoms with Crippen LogP contribution in [0.4, 0.5) is 0 Å². The van der Waals surface area contributed by atoms with Gasteiger partial charge in [0.2, 0.25) is 0 Å². The van der Waals surface area contributed by atoms with Crippen molar-refractivity contribution >= 4 is 29.1 Å². The molecule has 0 nitrogen and oxygen atoms in total. The number of benzene rings is 3. The minimum atomic E-state index is 0. The van der Waals surface area contributed by atoms with Gasteiger partial charge in [0, 0.05) is 0 Å². The molecule has 0 N–H and O–H groups in total. The van der Waals surface area contributed by atoms with Crippen molar-refractivity contribution in [1.82, 2.24) is 0 Å². The van der Waals surface area contributed by atoms with E-state index in [1.165, 1.54) is 38.9 Å². The Morgan fingerprint density at radius 3 is 1.92 bits per heavy atom. The summed E-state index contributed by atoms with van der Waals surface area (Å²) in [6, 6.07) is 25.4. The summed E-state index contributed by atoms with van der Waals surface area (Å²) in [5.74, 6) is 0. The van der Waals surface area contributed by atoms with Gasteiger partial charge in [-0.05, 0) is 28.4 Å². The molecule has 0 saturated carbocycles. The summed E-state index contributed by atoms with van der Waals surface area (Å²) in [5.41, 5.74) is 9.99. The predicted octanol–water partition coefficient (Wildman–Crippen LogP) is 9.64. The van der Waals surface area contributed by atoms with Gasteiger partial charge in [-0.2, -0.15) is 29.8 Å². The first-order chi connectivity index (χ1) is 16.1. The van der Waals surface area contributed by atoms with Crippen LogP contribution in [0, 0.1) is 19.6 Å². The molecule has 3 aromatic carbocycles. The average Bonchev–Trinajstić information content (AvgIpc) is 3.49. The van der Waals surface area contributed by atoms with Crippen LogP contribution in [0.5, 0.6) is 0 Å². The maximum absolute atomic E-state index is 3.67. The number of fused-ring (bicyclic) bond motifs is 3. The second kappa shape index (κ2) is 15.7. The molecule has 198 valence electrons. The first-order valence-electron chi connectivity index (χ1n) is 12.1. The molecular formula is C34H41Cl2Ti-3. The molecule has 0 saturated heterocycles. The zero-order chi connectivity index (χ0) is 24.8. The van der Waals surface area contributed by atoms with E-state index in [-0.39, 0.29) is 43.1 Å². The van der Waals surface area contributed by atoms with Gasteiger partial charge in [-0.25, -0.2) is 12.2 Å². The molecule has 0 radical (unpaired) electrons. The number of allylic oxidation sites excluding steroid dienone is 4. The Kier molecular flexibility index (Phi) is 14.9. The third kappa shape index (κ3) is 10.2. The molecule has 2 aliphatic rings. The zero-order valence-corrected chi connectivity index (χ0v) is 26.5. The van der Waals surface area contributed by atoms with E-state index in [2.05, 4.69) is 107 Å². The molecule has 0 heterocycles. The van der Waals surface area contributed by atoms with Crippen molar-refractivity contribution < 1.29 is 20.0 Å². The third-order valence-corrected chi connectivity index (χ3v) is 6.54. The summed E-state index contributed by atoms with van der Waals surface area (Å²) in [5, 5.41) is 0. The molecule has 0 spiro atoms. The molecule has 37 heavy (non-hydrogen) atoms. The van der Waals surface area contributed by atoms with E-state index in [0.717, 1.165) is 12.8 Å². The van der Waals surface area contributed by atoms with Gasteiger partial charge in [-0.15, -0.1) is 42.4 Å². The van der Waals surface area contributed by atoms with E-state index >= 15 is 0 Å². The van der Waals surface area contributed by atoms with E-state index in [1.807, 2.05) is 50.3 Å². The van der Waals surface area contributed by atoms with Crippen molar-refractivity contribution in [3.05, 3.63) is 126 Å². The molecule has 0 unspecified atom stereocenters. The topological polar surface area (TPSA) is 0 Å². The van der Waals surface area contributed by atoms with Crippen LogP contribution in [0.25, 0.3) is 11.1 Å². The number of halogens is 2. The summed E-state index contributed by atoms with van der Waals surface area (Å²) in [4.78, 5) is 0. The Balaban J connectivity index is 0.000000673. The minimum absolute atomic E-state index is 0. The van der Waals surface area contributed by atoms with Crippen LogP contribution in [0.15, 0.2) is 78.9 Å². The molecule has 0 bridgehead atoms. The summed E-state index contributed by atoms with van der Waals surface area (Å²) in [6.07, 6.45) is 11.0. The number of hydrogen-bond donors (Lipinski definition) is 0. The Morgan fingerprint density at radius 2 is 1.46 bits per heavy atom. The van der Waals surface area contributed by atoms with Crippen LogP contribution in [0.1, 0.15) is 75.8 Å². The van der Waals surface area contributed by atoms with Crippen LogP contribution < -0.4 is 0 Å². The van der Waals surface area contributed by atoms with Gasteiger partial charge in [-0.1, -0.05) is 65.3 Å². The van der Waals surface area contributed by atoms with Crippen molar-refractivity contribution in [2.75, 3.05) is 0 Å². The van der Waals surface area contributed by atoms with Gasteiger partial charge in [0.1, 0.15) is 0 Å². The Labute approximate surface area is 250 Å². The SMILES string of the molecule is CC(C)(C)c1[c-]c2c(cc1)-c1ccc(C(C)(C)C)cc1C2.Cl.Cl.[C-]1=CC=CC1.[CH3-].[Ti]=[CH]c1ccccc1. The fraction of sp³-hybridized carbons (Fsp3) is 0.294. The van der Waals surface area contributed by atoms with Gasteiger partial charge >= 0.3 is 60.2 Å². The number of rotatable bonds is 1. The molecule has 3 heteroatoms. The van der Waals surface area contributed by atoms with E-state index in [9.17, 15) is 0 Å². The van der Waals surface area contributed by atoms with Gasteiger partial charge in [0.25, 0.3) is 0 Å². The maximum atomic E-state index is 3.67. The van der Waals surface area contributed by atoms with Crippen LogP contribution >= 0.6 is 24.8 Å². The summed E-state index contributed by atoms with van der Waals surface area (Å²) in [6.45, 7) is 13.6. The Morgan fingerprint density at radius 1 is 0.811 bits per heavy atom. The molecule has 0 fully saturated rings. The molecule has 0 aliphatic heterocycles. The normalized spacial score (nSPS) is 12.1. The van der Waals surface area contributed by atoms with E-state index in [0.29, 0.717) is 0 Å². The van der Waals surface area contributed by atoms with Crippen LogP contribution in [0.2, 0.25) is 0 Å². The standard InChI is InChI=1S/C21H25.C7H6.C5H5.CH3.2ClH.Ti/c1-20(2,3)16-7-9-18-14(12-16)11-15-13-17(21(4,5)6)8-10-19(15)18;1-7-5-3-2-4-6-7;1-2-4-5-3-1;;;;/h7-10,12H,11H2,1-6H3;1-6H;1-3H,4H2;1H3;2*1H;/q-1;;2*-1;;;. The monoisotopic (exact) mass is 567 g/mol.